The molecule has 4 aromatic rings. The van der Waals surface area contributed by atoms with E-state index in [1.54, 1.807) is 42.3 Å². The molecule has 0 saturated heterocycles. The molecule has 2 aliphatic carbocycles. The van der Waals surface area contributed by atoms with Crippen molar-refractivity contribution in [3.63, 3.8) is 0 Å². The predicted octanol–water partition coefficient (Wildman–Crippen LogP) is 10.9. The third-order valence-corrected chi connectivity index (χ3v) is 13.0. The number of benzene rings is 3. The minimum Gasteiger partial charge on any atom is -0.325 e. The van der Waals surface area contributed by atoms with Gasteiger partial charge in [-0.15, -0.1) is 5.11 Å². The van der Waals surface area contributed by atoms with Gasteiger partial charge in [0.1, 0.15) is 4.83 Å². The van der Waals surface area contributed by atoms with Gasteiger partial charge in [-0.05, 0) is 127 Å². The lowest BCUT2D eigenvalue weighted by atomic mass is 9.49. The third-order valence-electron chi connectivity index (χ3n) is 11.5. The van der Waals surface area contributed by atoms with Crippen molar-refractivity contribution in [3.05, 3.63) is 102 Å². The molecule has 1 saturated carbocycles. The summed E-state index contributed by atoms with van der Waals surface area (Å²) in [6, 6.07) is 16.0. The predicted molar refractivity (Wildman–Crippen MR) is 217 cm³/mol. The van der Waals surface area contributed by atoms with Gasteiger partial charge in [-0.25, -0.2) is 4.68 Å². The molecule has 0 aliphatic heterocycles. The average molecular weight is 809 g/mol. The summed E-state index contributed by atoms with van der Waals surface area (Å²) < 4.78 is 1.32. The van der Waals surface area contributed by atoms with Crippen molar-refractivity contribution in [2.24, 2.45) is 21.6 Å². The van der Waals surface area contributed by atoms with Gasteiger partial charge < -0.3 is 10.6 Å². The number of hydrogen-bond acceptors (Lipinski definition) is 5. The molecule has 4 atom stereocenters. The highest BCUT2D eigenvalue weighted by atomic mass is 79.9. The van der Waals surface area contributed by atoms with Gasteiger partial charge in [0.15, 0.2) is 5.69 Å². The quantitative estimate of drug-likeness (QED) is 0.110. The number of carbonyl (C=O) groups is 1. The Morgan fingerprint density at radius 3 is 2.52 bits per heavy atom. The fourth-order valence-electron chi connectivity index (χ4n) is 8.59. The minimum absolute atomic E-state index is 0.120. The Morgan fingerprint density at radius 1 is 1.02 bits per heavy atom. The van der Waals surface area contributed by atoms with Crippen LogP contribution in [0, 0.1) is 32.1 Å². The zero-order chi connectivity index (χ0) is 37.5. The first-order valence-corrected chi connectivity index (χ1v) is 19.9. The van der Waals surface area contributed by atoms with E-state index in [1.807, 2.05) is 19.9 Å². The van der Waals surface area contributed by atoms with Crippen LogP contribution in [0.2, 0.25) is 10.0 Å². The minimum atomic E-state index is -0.400. The Kier molecular flexibility index (Phi) is 11.3. The Hall–Kier alpha value is -3.24. The molecular weight excluding hydrogens is 759 g/mol. The smallest absolute Gasteiger partial charge is 0.299 e. The molecule has 4 unspecified atom stereocenters. The van der Waals surface area contributed by atoms with Crippen molar-refractivity contribution in [2.45, 2.75) is 96.7 Å². The molecular formula is C41H49BrCl2N6O2. The van der Waals surface area contributed by atoms with E-state index in [4.69, 9.17) is 23.2 Å². The van der Waals surface area contributed by atoms with Crippen LogP contribution in [0.25, 0.3) is 5.69 Å². The number of carbonyl (C=O) groups excluding carboxylic acids is 1. The molecule has 1 fully saturated rings. The number of aryl methyl sites for hydroxylation is 4. The van der Waals surface area contributed by atoms with Gasteiger partial charge in [-0.1, -0.05) is 91.4 Å². The average Bonchev–Trinajstić information content (AvgIpc) is 3.37. The maximum absolute atomic E-state index is 13.2. The lowest BCUT2D eigenvalue weighted by molar-refractivity contribution is -0.115. The van der Waals surface area contributed by atoms with E-state index in [1.165, 1.54) is 35.9 Å². The number of aromatic nitrogens is 2. The summed E-state index contributed by atoms with van der Waals surface area (Å²) >= 11 is 16.3. The van der Waals surface area contributed by atoms with Crippen LogP contribution in [0.15, 0.2) is 63.6 Å². The monoisotopic (exact) mass is 806 g/mol. The molecule has 6 rings (SSSR count). The number of amides is 1. The number of azo groups is 1. The van der Waals surface area contributed by atoms with Crippen LogP contribution in [-0.4, -0.2) is 33.6 Å². The van der Waals surface area contributed by atoms with Gasteiger partial charge in [0, 0.05) is 23.8 Å². The summed E-state index contributed by atoms with van der Waals surface area (Å²) in [5, 5.41) is 19.2. The Morgan fingerprint density at radius 2 is 1.79 bits per heavy atom. The van der Waals surface area contributed by atoms with Crippen LogP contribution in [0.3, 0.4) is 0 Å². The van der Waals surface area contributed by atoms with Crippen LogP contribution in [-0.2, 0) is 16.6 Å². The molecule has 2 aliphatic rings. The summed E-state index contributed by atoms with van der Waals surface area (Å²) in [6.07, 6.45) is 5.98. The molecule has 1 aromatic heterocycles. The van der Waals surface area contributed by atoms with Crippen LogP contribution in [0.1, 0.15) is 92.8 Å². The highest BCUT2D eigenvalue weighted by Crippen LogP contribution is 2.57. The number of nitrogens with zero attached hydrogens (tertiary/aromatic N) is 3. The van der Waals surface area contributed by atoms with Crippen molar-refractivity contribution in [1.29, 1.82) is 0 Å². The van der Waals surface area contributed by atoms with Crippen LogP contribution >= 0.6 is 39.1 Å². The van der Waals surface area contributed by atoms with Crippen LogP contribution < -0.4 is 16.2 Å². The molecule has 276 valence electrons. The molecule has 8 nitrogen and oxygen atoms in total. The highest BCUT2D eigenvalue weighted by molar-refractivity contribution is 9.10. The number of anilines is 1. The lowest BCUT2D eigenvalue weighted by Crippen LogP contribution is -2.53. The second-order valence-corrected chi connectivity index (χ2v) is 17.6. The van der Waals surface area contributed by atoms with Gasteiger partial charge in [0.2, 0.25) is 5.91 Å². The summed E-state index contributed by atoms with van der Waals surface area (Å²) in [7, 11) is 0. The van der Waals surface area contributed by atoms with Gasteiger partial charge in [-0.3, -0.25) is 14.7 Å². The number of H-pyrrole nitrogens is 1. The molecule has 11 heteroatoms. The topological polar surface area (TPSA) is 104 Å². The fraction of sp³-hybridized carbons (Fsp3) is 0.463. The molecule has 3 aromatic carbocycles. The van der Waals surface area contributed by atoms with E-state index >= 15 is 0 Å². The molecule has 3 N–H and O–H groups in total. The number of fused-ring (bicyclic) bond motifs is 3. The lowest BCUT2D eigenvalue weighted by Gasteiger charge is -2.56. The zero-order valence-electron chi connectivity index (χ0n) is 31.1. The summed E-state index contributed by atoms with van der Waals surface area (Å²) in [4.78, 5) is 26.1. The maximum Gasteiger partial charge on any atom is 0.299 e. The summed E-state index contributed by atoms with van der Waals surface area (Å²) in [5.41, 5.74) is 8.46. The Labute approximate surface area is 325 Å². The first kappa shape index (κ1) is 38.5. The SMILES string of the molecule is Cc1cc(Cl)c(-n2[nH]c(C)c(N=Nc3ccc(NC(=O)C(Br)CNCC4(C)CCCC5(C)c6ccc(C(C)C)cc6CCC45)cc3C)c2=O)cc1Cl. The summed E-state index contributed by atoms with van der Waals surface area (Å²) in [5.74, 6) is 1.01. The number of hydrogen-bond donors (Lipinski definition) is 3. The van der Waals surface area contributed by atoms with Crippen LogP contribution in [0.4, 0.5) is 17.1 Å². The Balaban J connectivity index is 1.06. The van der Waals surface area contributed by atoms with Gasteiger partial charge in [-0.2, -0.15) is 5.11 Å². The van der Waals surface area contributed by atoms with E-state index in [0.29, 0.717) is 51.2 Å². The highest BCUT2D eigenvalue weighted by Gasteiger charge is 2.51. The van der Waals surface area contributed by atoms with Gasteiger partial charge in [0.25, 0.3) is 5.56 Å². The molecule has 52 heavy (non-hydrogen) atoms. The molecule has 0 spiro atoms. The molecule has 0 bridgehead atoms. The normalized spacial score (nSPS) is 22.0. The van der Waals surface area contributed by atoms with Crippen molar-refractivity contribution in [2.75, 3.05) is 18.4 Å². The Bertz CT molecular complexity index is 2090. The van der Waals surface area contributed by atoms with E-state index in [-0.39, 0.29) is 22.4 Å². The molecule has 0 radical (unpaired) electrons. The zero-order valence-corrected chi connectivity index (χ0v) is 34.2. The second kappa shape index (κ2) is 15.2. The summed E-state index contributed by atoms with van der Waals surface area (Å²) in [6.45, 7) is 16.4. The third kappa shape index (κ3) is 7.57. The molecule has 1 heterocycles. The van der Waals surface area contributed by atoms with Gasteiger partial charge in [0.05, 0.1) is 22.1 Å². The maximum atomic E-state index is 13.2. The first-order chi connectivity index (χ1) is 24.6. The standard InChI is InChI=1S/C41H49BrCl2N6O2/c1-23(2)27-9-12-30-28(19-27)10-14-36-40(6,15-8-16-41(30,36)7)22-45-21-31(42)38(51)46-29-11-13-34(25(4)17-29)47-48-37-26(5)49-50(39(37)52)35-20-32(43)24(3)18-33(35)44/h9,11-13,17-20,23,31,36,45,49H,8,10,14-16,21-22H2,1-7H3,(H,46,51). The number of alkyl halides is 1. The van der Waals surface area contributed by atoms with E-state index in [9.17, 15) is 9.59 Å². The van der Waals surface area contributed by atoms with Crippen LogP contribution in [0.5, 0.6) is 0 Å². The number of halogens is 3. The van der Waals surface area contributed by atoms with Crippen molar-refractivity contribution in [1.82, 2.24) is 15.1 Å². The van der Waals surface area contributed by atoms with Crippen molar-refractivity contribution in [3.8, 4) is 5.69 Å². The first-order valence-electron chi connectivity index (χ1n) is 18.2. The van der Waals surface area contributed by atoms with Crippen molar-refractivity contribution >= 4 is 62.1 Å². The second-order valence-electron chi connectivity index (χ2n) is 15.7. The van der Waals surface area contributed by atoms with Crippen molar-refractivity contribution < 1.29 is 4.79 Å². The molecule has 1 amide bonds. The van der Waals surface area contributed by atoms with E-state index in [0.717, 1.165) is 24.1 Å². The largest absolute Gasteiger partial charge is 0.325 e. The van der Waals surface area contributed by atoms with Gasteiger partial charge >= 0.3 is 0 Å². The van der Waals surface area contributed by atoms with E-state index in [2.05, 4.69) is 87.8 Å². The van der Waals surface area contributed by atoms with E-state index < -0.39 is 10.4 Å². The number of nitrogens with one attached hydrogen (secondary N) is 3. The number of aromatic amines is 1. The number of rotatable bonds is 10. The fourth-order valence-corrected chi connectivity index (χ4v) is 9.40.